The minimum Gasteiger partial charge on any atom is -0.457 e. The van der Waals surface area contributed by atoms with Crippen molar-refractivity contribution in [3.63, 3.8) is 0 Å². The van der Waals surface area contributed by atoms with Gasteiger partial charge in [-0.3, -0.25) is 4.79 Å². The fourth-order valence-corrected chi connectivity index (χ4v) is 2.18. The van der Waals surface area contributed by atoms with Crippen molar-refractivity contribution in [2.45, 2.75) is 39.5 Å². The molecule has 0 atom stereocenters. The topological polar surface area (TPSA) is 26.3 Å². The molecule has 2 aromatic rings. The smallest absolute Gasteiger partial charge is 0.162 e. The van der Waals surface area contributed by atoms with Gasteiger partial charge in [0, 0.05) is 12.0 Å². The predicted octanol–water partition coefficient (Wildman–Crippen LogP) is 5.41. The summed E-state index contributed by atoms with van der Waals surface area (Å²) in [6.07, 6.45) is 4.03. The standard InChI is InChI=1S/C19H22O2/c1-3-5-7-15-10-12-17(13-11-15)21-18-9-6-8-16(14-18)19(20)4-2/h6,8-14H,3-5,7H2,1-2H3. The second kappa shape index (κ2) is 7.63. The first-order chi connectivity index (χ1) is 10.2. The Hall–Kier alpha value is -2.09. The highest BCUT2D eigenvalue weighted by atomic mass is 16.5. The molecule has 2 heteroatoms. The Balaban J connectivity index is 2.06. The lowest BCUT2D eigenvalue weighted by molar-refractivity contribution is 0.0988. The summed E-state index contributed by atoms with van der Waals surface area (Å²) >= 11 is 0. The maximum Gasteiger partial charge on any atom is 0.162 e. The number of ether oxygens (including phenoxy) is 1. The van der Waals surface area contributed by atoms with Crippen LogP contribution < -0.4 is 4.74 Å². The van der Waals surface area contributed by atoms with E-state index in [0.29, 0.717) is 17.7 Å². The van der Waals surface area contributed by atoms with Gasteiger partial charge in [-0.2, -0.15) is 0 Å². The molecule has 0 saturated heterocycles. The summed E-state index contributed by atoms with van der Waals surface area (Å²) in [4.78, 5) is 11.7. The second-order valence-electron chi connectivity index (χ2n) is 5.15. The van der Waals surface area contributed by atoms with Crippen LogP contribution in [-0.2, 0) is 6.42 Å². The monoisotopic (exact) mass is 282 g/mol. The van der Waals surface area contributed by atoms with E-state index in [-0.39, 0.29) is 5.78 Å². The van der Waals surface area contributed by atoms with Crippen LogP contribution in [0.5, 0.6) is 11.5 Å². The van der Waals surface area contributed by atoms with Crippen molar-refractivity contribution < 1.29 is 9.53 Å². The fourth-order valence-electron chi connectivity index (χ4n) is 2.18. The molecule has 0 bridgehead atoms. The van der Waals surface area contributed by atoms with Crippen molar-refractivity contribution >= 4 is 5.78 Å². The number of unbranched alkanes of at least 4 members (excludes halogenated alkanes) is 1. The Labute approximate surface area is 126 Å². The van der Waals surface area contributed by atoms with Gasteiger partial charge in [-0.05, 0) is 42.7 Å². The van der Waals surface area contributed by atoms with Gasteiger partial charge in [-0.1, -0.05) is 44.5 Å². The van der Waals surface area contributed by atoms with Crippen molar-refractivity contribution in [3.8, 4) is 11.5 Å². The van der Waals surface area contributed by atoms with Gasteiger partial charge in [0.25, 0.3) is 0 Å². The molecule has 2 nitrogen and oxygen atoms in total. The average molecular weight is 282 g/mol. The number of benzene rings is 2. The third-order valence-electron chi connectivity index (χ3n) is 3.46. The van der Waals surface area contributed by atoms with Crippen LogP contribution >= 0.6 is 0 Å². The molecule has 0 aromatic heterocycles. The molecule has 2 rings (SSSR count). The van der Waals surface area contributed by atoms with Crippen molar-refractivity contribution in [2.75, 3.05) is 0 Å². The Morgan fingerprint density at radius 1 is 1.00 bits per heavy atom. The van der Waals surface area contributed by atoms with Crippen LogP contribution in [0.3, 0.4) is 0 Å². The largest absolute Gasteiger partial charge is 0.457 e. The number of ketones is 1. The molecule has 0 unspecified atom stereocenters. The number of carbonyl (C=O) groups excluding carboxylic acids is 1. The SMILES string of the molecule is CCCCc1ccc(Oc2cccc(C(=O)CC)c2)cc1. The fraction of sp³-hybridized carbons (Fsp3) is 0.316. The number of rotatable bonds is 7. The van der Waals surface area contributed by atoms with Crippen molar-refractivity contribution in [2.24, 2.45) is 0 Å². The Morgan fingerprint density at radius 2 is 1.76 bits per heavy atom. The summed E-state index contributed by atoms with van der Waals surface area (Å²) in [5, 5.41) is 0. The van der Waals surface area contributed by atoms with Crippen LogP contribution in [0.25, 0.3) is 0 Å². The molecule has 0 heterocycles. The highest BCUT2D eigenvalue weighted by Gasteiger charge is 2.05. The third-order valence-corrected chi connectivity index (χ3v) is 3.46. The number of Topliss-reactive ketones (excluding diaryl/α,β-unsaturated/α-hetero) is 1. The highest BCUT2D eigenvalue weighted by molar-refractivity contribution is 5.96. The number of hydrogen-bond donors (Lipinski definition) is 0. The maximum absolute atomic E-state index is 11.7. The molecule has 0 aliphatic heterocycles. The summed E-state index contributed by atoms with van der Waals surface area (Å²) in [6.45, 7) is 4.06. The van der Waals surface area contributed by atoms with E-state index in [4.69, 9.17) is 4.74 Å². The highest BCUT2D eigenvalue weighted by Crippen LogP contribution is 2.23. The molecule has 0 fully saturated rings. The second-order valence-corrected chi connectivity index (χ2v) is 5.15. The van der Waals surface area contributed by atoms with E-state index in [1.54, 1.807) is 6.07 Å². The van der Waals surface area contributed by atoms with E-state index >= 15 is 0 Å². The molecule has 0 spiro atoms. The van der Waals surface area contributed by atoms with Crippen LogP contribution in [0.4, 0.5) is 0 Å². The van der Waals surface area contributed by atoms with E-state index < -0.39 is 0 Å². The van der Waals surface area contributed by atoms with Crippen LogP contribution in [0.15, 0.2) is 48.5 Å². The third kappa shape index (κ3) is 4.45. The molecular formula is C19H22O2. The van der Waals surface area contributed by atoms with Crippen LogP contribution in [0, 0.1) is 0 Å². The molecule has 21 heavy (non-hydrogen) atoms. The maximum atomic E-state index is 11.7. The van der Waals surface area contributed by atoms with E-state index in [1.165, 1.54) is 18.4 Å². The van der Waals surface area contributed by atoms with Gasteiger partial charge >= 0.3 is 0 Å². The number of carbonyl (C=O) groups is 1. The van der Waals surface area contributed by atoms with E-state index in [0.717, 1.165) is 12.2 Å². The van der Waals surface area contributed by atoms with Gasteiger partial charge in [0.1, 0.15) is 11.5 Å². The lowest BCUT2D eigenvalue weighted by Crippen LogP contribution is -1.96. The summed E-state index contributed by atoms with van der Waals surface area (Å²) < 4.78 is 5.82. The van der Waals surface area contributed by atoms with Crippen molar-refractivity contribution in [1.82, 2.24) is 0 Å². The molecule has 0 aliphatic carbocycles. The normalized spacial score (nSPS) is 10.4. The number of hydrogen-bond acceptors (Lipinski definition) is 2. The van der Waals surface area contributed by atoms with Gasteiger partial charge in [0.05, 0.1) is 0 Å². The van der Waals surface area contributed by atoms with Crippen LogP contribution in [0.2, 0.25) is 0 Å². The average Bonchev–Trinajstić information content (AvgIpc) is 2.53. The Bertz CT molecular complexity index is 585. The molecule has 110 valence electrons. The van der Waals surface area contributed by atoms with E-state index in [2.05, 4.69) is 19.1 Å². The van der Waals surface area contributed by atoms with Crippen LogP contribution in [0.1, 0.15) is 49.0 Å². The van der Waals surface area contributed by atoms with Gasteiger partial charge < -0.3 is 4.74 Å². The number of aryl methyl sites for hydroxylation is 1. The van der Waals surface area contributed by atoms with Crippen LogP contribution in [-0.4, -0.2) is 5.78 Å². The van der Waals surface area contributed by atoms with E-state index in [1.807, 2.05) is 37.3 Å². The molecule has 0 aliphatic rings. The Kier molecular flexibility index (Phi) is 5.56. The Morgan fingerprint density at radius 3 is 2.43 bits per heavy atom. The van der Waals surface area contributed by atoms with Gasteiger partial charge in [-0.15, -0.1) is 0 Å². The zero-order valence-electron chi connectivity index (χ0n) is 12.8. The summed E-state index contributed by atoms with van der Waals surface area (Å²) in [6, 6.07) is 15.5. The minimum atomic E-state index is 0.135. The zero-order valence-corrected chi connectivity index (χ0v) is 12.8. The first-order valence-electron chi connectivity index (χ1n) is 7.63. The molecule has 0 saturated carbocycles. The molecule has 0 radical (unpaired) electrons. The first kappa shape index (κ1) is 15.3. The van der Waals surface area contributed by atoms with Crippen molar-refractivity contribution in [1.29, 1.82) is 0 Å². The zero-order chi connectivity index (χ0) is 15.1. The molecular weight excluding hydrogens is 260 g/mol. The predicted molar refractivity (Wildman–Crippen MR) is 86.2 cm³/mol. The van der Waals surface area contributed by atoms with Gasteiger partial charge in [0.2, 0.25) is 0 Å². The van der Waals surface area contributed by atoms with E-state index in [9.17, 15) is 4.79 Å². The minimum absolute atomic E-state index is 0.135. The van der Waals surface area contributed by atoms with Crippen molar-refractivity contribution in [3.05, 3.63) is 59.7 Å². The van der Waals surface area contributed by atoms with Gasteiger partial charge in [0.15, 0.2) is 5.78 Å². The summed E-state index contributed by atoms with van der Waals surface area (Å²) in [7, 11) is 0. The molecule has 2 aromatic carbocycles. The lowest BCUT2D eigenvalue weighted by atomic mass is 10.1. The summed E-state index contributed by atoms with van der Waals surface area (Å²) in [5.41, 5.74) is 2.04. The first-order valence-corrected chi connectivity index (χ1v) is 7.63. The quantitative estimate of drug-likeness (QED) is 0.634. The summed E-state index contributed by atoms with van der Waals surface area (Å²) in [5.74, 6) is 1.64. The molecule has 0 amide bonds. The molecule has 0 N–H and O–H groups in total. The van der Waals surface area contributed by atoms with Gasteiger partial charge in [-0.25, -0.2) is 0 Å². The lowest BCUT2D eigenvalue weighted by Gasteiger charge is -2.08.